The maximum atomic E-state index is 2.43. The van der Waals surface area contributed by atoms with Crippen molar-refractivity contribution in [1.82, 2.24) is 0 Å². The van der Waals surface area contributed by atoms with E-state index in [-0.39, 0.29) is 18.6 Å². The summed E-state index contributed by atoms with van der Waals surface area (Å²) in [6.45, 7) is 11.7. The van der Waals surface area contributed by atoms with Crippen molar-refractivity contribution in [2.45, 2.75) is 41.0 Å². The zero-order valence-corrected chi connectivity index (χ0v) is 10.3. The Labute approximate surface area is 88.7 Å². The summed E-state index contributed by atoms with van der Waals surface area (Å²) in [7, 11) is 0. The Kier molecular flexibility index (Phi) is 4.13. The van der Waals surface area contributed by atoms with Crippen LogP contribution in [-0.4, -0.2) is 0 Å². The Hall–Kier alpha value is 0.324. The molecule has 0 amide bonds. The van der Waals surface area contributed by atoms with Crippen molar-refractivity contribution in [3.05, 3.63) is 11.6 Å². The van der Waals surface area contributed by atoms with Crippen LogP contribution in [0.25, 0.3) is 0 Å². The number of allylic oxidation sites excluding steroid dienone is 2. The molecule has 69 valence electrons. The molecular formula is C11H20V. The molecule has 0 N–H and O–H groups in total. The minimum atomic E-state index is 0. The third kappa shape index (κ3) is 2.40. The number of hydrogen-bond donors (Lipinski definition) is 0. The summed E-state index contributed by atoms with van der Waals surface area (Å²) in [6, 6.07) is 0. The average molecular weight is 203 g/mol. The van der Waals surface area contributed by atoms with Crippen LogP contribution in [0.2, 0.25) is 0 Å². The zero-order chi connectivity index (χ0) is 8.65. The summed E-state index contributed by atoms with van der Waals surface area (Å²) >= 11 is 0. The minimum absolute atomic E-state index is 0. The largest absolute Gasteiger partial charge is 0.0825 e. The van der Waals surface area contributed by atoms with Crippen LogP contribution in [0.4, 0.5) is 0 Å². The number of hydrogen-bond acceptors (Lipinski definition) is 0. The molecule has 0 aromatic carbocycles. The molecule has 2 unspecified atom stereocenters. The molecule has 0 spiro atoms. The van der Waals surface area contributed by atoms with Crippen molar-refractivity contribution in [3.63, 3.8) is 0 Å². The van der Waals surface area contributed by atoms with E-state index in [0.29, 0.717) is 5.41 Å². The zero-order valence-electron chi connectivity index (χ0n) is 8.89. The van der Waals surface area contributed by atoms with Gasteiger partial charge in [-0.25, -0.2) is 0 Å². The molecule has 0 aliphatic heterocycles. The van der Waals surface area contributed by atoms with Crippen molar-refractivity contribution >= 4 is 0 Å². The summed E-state index contributed by atoms with van der Waals surface area (Å²) in [5.41, 5.74) is 2.09. The average Bonchev–Trinajstić information content (AvgIpc) is 1.81. The van der Waals surface area contributed by atoms with Crippen LogP contribution in [0.1, 0.15) is 41.0 Å². The van der Waals surface area contributed by atoms with Crippen molar-refractivity contribution in [3.8, 4) is 0 Å². The maximum absolute atomic E-state index is 2.43. The van der Waals surface area contributed by atoms with Gasteiger partial charge in [-0.1, -0.05) is 39.3 Å². The van der Waals surface area contributed by atoms with Crippen LogP contribution in [0.5, 0.6) is 0 Å². The van der Waals surface area contributed by atoms with E-state index in [0.717, 1.165) is 11.8 Å². The van der Waals surface area contributed by atoms with E-state index >= 15 is 0 Å². The van der Waals surface area contributed by atoms with E-state index in [1.54, 1.807) is 5.57 Å². The molecule has 0 bridgehead atoms. The summed E-state index contributed by atoms with van der Waals surface area (Å²) in [6.07, 6.45) is 3.77. The van der Waals surface area contributed by atoms with Crippen LogP contribution < -0.4 is 0 Å². The minimum Gasteiger partial charge on any atom is -0.0825 e. The molecule has 2 atom stereocenters. The monoisotopic (exact) mass is 203 g/mol. The molecule has 1 rings (SSSR count). The van der Waals surface area contributed by atoms with Gasteiger partial charge in [0, 0.05) is 18.6 Å². The SMILES string of the molecule is CC1=CC(C)CC(C)(C)C1C.[V]. The van der Waals surface area contributed by atoms with E-state index in [9.17, 15) is 0 Å². The van der Waals surface area contributed by atoms with Crippen LogP contribution >= 0.6 is 0 Å². The predicted molar refractivity (Wildman–Crippen MR) is 50.5 cm³/mol. The molecule has 1 aliphatic rings. The molecule has 0 saturated carbocycles. The molecule has 0 heterocycles. The Bertz CT molecular complexity index is 179. The van der Waals surface area contributed by atoms with Gasteiger partial charge in [-0.05, 0) is 30.6 Å². The molecule has 12 heavy (non-hydrogen) atoms. The molecule has 1 aliphatic carbocycles. The van der Waals surface area contributed by atoms with E-state index < -0.39 is 0 Å². The third-order valence-corrected chi connectivity index (χ3v) is 3.25. The van der Waals surface area contributed by atoms with Crippen LogP contribution in [0.3, 0.4) is 0 Å². The van der Waals surface area contributed by atoms with Gasteiger partial charge in [-0.15, -0.1) is 0 Å². The Morgan fingerprint density at radius 1 is 1.33 bits per heavy atom. The van der Waals surface area contributed by atoms with Gasteiger partial charge in [0.15, 0.2) is 0 Å². The Morgan fingerprint density at radius 3 is 2.25 bits per heavy atom. The van der Waals surface area contributed by atoms with E-state index in [1.807, 2.05) is 0 Å². The van der Waals surface area contributed by atoms with Crippen molar-refractivity contribution < 1.29 is 18.6 Å². The first-order valence-electron chi connectivity index (χ1n) is 4.62. The standard InChI is InChI=1S/C11H20.V/c1-8-6-9(2)10(3)11(4,5)7-8;/h6,8,10H,7H2,1-5H3;. The third-order valence-electron chi connectivity index (χ3n) is 3.25. The molecule has 0 nitrogen and oxygen atoms in total. The summed E-state index contributed by atoms with van der Waals surface area (Å²) in [4.78, 5) is 0. The summed E-state index contributed by atoms with van der Waals surface area (Å²) in [5.74, 6) is 1.54. The summed E-state index contributed by atoms with van der Waals surface area (Å²) < 4.78 is 0. The van der Waals surface area contributed by atoms with Gasteiger partial charge in [0.05, 0.1) is 0 Å². The van der Waals surface area contributed by atoms with Crippen molar-refractivity contribution in [1.29, 1.82) is 0 Å². The first kappa shape index (κ1) is 12.3. The second kappa shape index (κ2) is 4.02. The molecule has 1 radical (unpaired) electrons. The predicted octanol–water partition coefficient (Wildman–Crippen LogP) is 3.63. The van der Waals surface area contributed by atoms with Crippen LogP contribution in [0, 0.1) is 17.3 Å². The van der Waals surface area contributed by atoms with Gasteiger partial charge in [0.25, 0.3) is 0 Å². The molecular weight excluding hydrogens is 183 g/mol. The van der Waals surface area contributed by atoms with E-state index in [1.165, 1.54) is 6.42 Å². The van der Waals surface area contributed by atoms with E-state index in [4.69, 9.17) is 0 Å². The molecule has 0 aromatic rings. The van der Waals surface area contributed by atoms with Gasteiger partial charge in [-0.3, -0.25) is 0 Å². The van der Waals surface area contributed by atoms with Gasteiger partial charge in [0.1, 0.15) is 0 Å². The maximum Gasteiger partial charge on any atom is 0 e. The smallest absolute Gasteiger partial charge is 0 e. The second-order valence-electron chi connectivity index (χ2n) is 4.80. The van der Waals surface area contributed by atoms with Crippen molar-refractivity contribution in [2.75, 3.05) is 0 Å². The van der Waals surface area contributed by atoms with E-state index in [2.05, 4.69) is 40.7 Å². The molecule has 0 aromatic heterocycles. The first-order valence-corrected chi connectivity index (χ1v) is 4.62. The Balaban J connectivity index is 0.00000121. The topological polar surface area (TPSA) is 0 Å². The Morgan fingerprint density at radius 2 is 1.83 bits per heavy atom. The van der Waals surface area contributed by atoms with Crippen LogP contribution in [-0.2, 0) is 18.6 Å². The molecule has 0 saturated heterocycles. The van der Waals surface area contributed by atoms with Gasteiger partial charge in [-0.2, -0.15) is 0 Å². The fraction of sp³-hybridized carbons (Fsp3) is 0.818. The molecule has 1 heteroatoms. The van der Waals surface area contributed by atoms with Gasteiger partial charge in [0.2, 0.25) is 0 Å². The van der Waals surface area contributed by atoms with Gasteiger partial charge < -0.3 is 0 Å². The second-order valence-corrected chi connectivity index (χ2v) is 4.80. The summed E-state index contributed by atoms with van der Waals surface area (Å²) in [5, 5.41) is 0. The normalized spacial score (nSPS) is 33.6. The molecule has 0 fully saturated rings. The van der Waals surface area contributed by atoms with Crippen molar-refractivity contribution in [2.24, 2.45) is 17.3 Å². The quantitative estimate of drug-likeness (QED) is 0.527. The number of rotatable bonds is 0. The first-order chi connectivity index (χ1) is 4.93. The fourth-order valence-corrected chi connectivity index (χ4v) is 2.27. The van der Waals surface area contributed by atoms with Gasteiger partial charge >= 0.3 is 0 Å². The van der Waals surface area contributed by atoms with Crippen LogP contribution in [0.15, 0.2) is 11.6 Å². The fourth-order valence-electron chi connectivity index (χ4n) is 2.27.